The van der Waals surface area contributed by atoms with E-state index >= 15 is 0 Å². The van der Waals surface area contributed by atoms with Gasteiger partial charge in [0.1, 0.15) is 0 Å². The molecule has 14 heavy (non-hydrogen) atoms. The summed E-state index contributed by atoms with van der Waals surface area (Å²) in [5, 5.41) is 5.85. The Balaban J connectivity index is 2.31. The molecule has 1 aliphatic rings. The zero-order valence-electron chi connectivity index (χ0n) is 9.17. The van der Waals surface area contributed by atoms with Crippen LogP contribution in [-0.2, 0) is 9.53 Å². The molecule has 0 bridgehead atoms. The predicted molar refractivity (Wildman–Crippen MR) is 55.1 cm³/mol. The molecule has 1 heterocycles. The van der Waals surface area contributed by atoms with Gasteiger partial charge in [0, 0.05) is 19.7 Å². The first-order chi connectivity index (χ1) is 6.65. The summed E-state index contributed by atoms with van der Waals surface area (Å²) in [4.78, 5) is 11.2. The molecule has 0 aliphatic carbocycles. The molecule has 0 aromatic carbocycles. The summed E-state index contributed by atoms with van der Waals surface area (Å²) in [7, 11) is 1.65. The monoisotopic (exact) mass is 200 g/mol. The fourth-order valence-corrected chi connectivity index (χ4v) is 1.79. The van der Waals surface area contributed by atoms with Gasteiger partial charge in [-0.3, -0.25) is 4.79 Å². The van der Waals surface area contributed by atoms with Crippen LogP contribution in [0.15, 0.2) is 0 Å². The maximum Gasteiger partial charge on any atom is 0.236 e. The molecule has 4 nitrogen and oxygen atoms in total. The van der Waals surface area contributed by atoms with E-state index in [4.69, 9.17) is 4.74 Å². The van der Waals surface area contributed by atoms with Crippen LogP contribution in [0.5, 0.6) is 0 Å². The second-order valence-corrected chi connectivity index (χ2v) is 3.84. The zero-order valence-corrected chi connectivity index (χ0v) is 9.17. The second-order valence-electron chi connectivity index (χ2n) is 3.84. The average molecular weight is 200 g/mol. The molecule has 2 N–H and O–H groups in total. The summed E-state index contributed by atoms with van der Waals surface area (Å²) in [6, 6.07) is 0.0870. The standard InChI is InChI=1S/C10H20N2O2/c1-7(9-5-4-6-14-9)12-8(2)10(13)11-3/h7-9,12H,4-6H2,1-3H3,(H,11,13). The van der Waals surface area contributed by atoms with Crippen molar-refractivity contribution in [2.75, 3.05) is 13.7 Å². The Morgan fingerprint density at radius 3 is 2.71 bits per heavy atom. The number of hydrogen-bond acceptors (Lipinski definition) is 3. The van der Waals surface area contributed by atoms with E-state index in [9.17, 15) is 4.79 Å². The van der Waals surface area contributed by atoms with Gasteiger partial charge in [0.2, 0.25) is 5.91 Å². The van der Waals surface area contributed by atoms with Crippen molar-refractivity contribution in [3.8, 4) is 0 Å². The number of ether oxygens (including phenoxy) is 1. The van der Waals surface area contributed by atoms with Crippen LogP contribution < -0.4 is 10.6 Å². The third kappa shape index (κ3) is 2.96. The van der Waals surface area contributed by atoms with E-state index in [0.29, 0.717) is 0 Å². The highest BCUT2D eigenvalue weighted by molar-refractivity contribution is 5.80. The van der Waals surface area contributed by atoms with Crippen molar-refractivity contribution in [2.45, 2.75) is 44.9 Å². The number of amides is 1. The number of hydrogen-bond donors (Lipinski definition) is 2. The van der Waals surface area contributed by atoms with Gasteiger partial charge >= 0.3 is 0 Å². The van der Waals surface area contributed by atoms with Gasteiger partial charge in [0.05, 0.1) is 12.1 Å². The minimum absolute atomic E-state index is 0.0230. The lowest BCUT2D eigenvalue weighted by Crippen LogP contribution is -2.48. The largest absolute Gasteiger partial charge is 0.377 e. The Bertz CT molecular complexity index is 191. The summed E-state index contributed by atoms with van der Waals surface area (Å²) < 4.78 is 5.53. The van der Waals surface area contributed by atoms with E-state index in [1.54, 1.807) is 7.05 Å². The number of rotatable bonds is 4. The van der Waals surface area contributed by atoms with Crippen molar-refractivity contribution in [1.29, 1.82) is 0 Å². The van der Waals surface area contributed by atoms with Gasteiger partial charge < -0.3 is 15.4 Å². The van der Waals surface area contributed by atoms with Crippen LogP contribution >= 0.6 is 0 Å². The molecule has 1 rings (SSSR count). The van der Waals surface area contributed by atoms with Gasteiger partial charge in [0.25, 0.3) is 0 Å². The van der Waals surface area contributed by atoms with Crippen LogP contribution in [0.1, 0.15) is 26.7 Å². The van der Waals surface area contributed by atoms with Crippen molar-refractivity contribution in [1.82, 2.24) is 10.6 Å². The van der Waals surface area contributed by atoms with Crippen LogP contribution in [0.2, 0.25) is 0 Å². The summed E-state index contributed by atoms with van der Waals surface area (Å²) in [5.41, 5.74) is 0. The molecule has 3 unspecified atom stereocenters. The first-order valence-corrected chi connectivity index (χ1v) is 5.24. The van der Waals surface area contributed by atoms with E-state index in [0.717, 1.165) is 19.4 Å². The van der Waals surface area contributed by atoms with E-state index in [1.165, 1.54) is 0 Å². The van der Waals surface area contributed by atoms with Crippen molar-refractivity contribution in [3.05, 3.63) is 0 Å². The quantitative estimate of drug-likeness (QED) is 0.685. The van der Waals surface area contributed by atoms with Gasteiger partial charge in [-0.1, -0.05) is 0 Å². The van der Waals surface area contributed by atoms with Crippen LogP contribution in [0.25, 0.3) is 0 Å². The highest BCUT2D eigenvalue weighted by Crippen LogP contribution is 2.15. The fraction of sp³-hybridized carbons (Fsp3) is 0.900. The van der Waals surface area contributed by atoms with E-state index in [-0.39, 0.29) is 24.1 Å². The minimum atomic E-state index is -0.154. The maximum absolute atomic E-state index is 11.2. The second kappa shape index (κ2) is 5.32. The molecule has 1 fully saturated rings. The fourth-order valence-electron chi connectivity index (χ4n) is 1.79. The smallest absolute Gasteiger partial charge is 0.236 e. The molecule has 4 heteroatoms. The third-order valence-electron chi connectivity index (χ3n) is 2.68. The molecule has 0 spiro atoms. The topological polar surface area (TPSA) is 50.4 Å². The SMILES string of the molecule is CNC(=O)C(C)NC(C)C1CCCO1. The molecular weight excluding hydrogens is 180 g/mol. The van der Waals surface area contributed by atoms with Gasteiger partial charge in [-0.05, 0) is 26.7 Å². The highest BCUT2D eigenvalue weighted by Gasteiger charge is 2.24. The molecule has 1 amide bonds. The Morgan fingerprint density at radius 2 is 2.21 bits per heavy atom. The molecule has 0 radical (unpaired) electrons. The van der Waals surface area contributed by atoms with Crippen LogP contribution in [0, 0.1) is 0 Å². The van der Waals surface area contributed by atoms with Gasteiger partial charge in [-0.2, -0.15) is 0 Å². The number of nitrogens with one attached hydrogen (secondary N) is 2. The molecule has 0 aromatic rings. The van der Waals surface area contributed by atoms with Crippen LogP contribution in [-0.4, -0.2) is 37.7 Å². The van der Waals surface area contributed by atoms with Gasteiger partial charge in [-0.15, -0.1) is 0 Å². The van der Waals surface area contributed by atoms with Gasteiger partial charge in [0.15, 0.2) is 0 Å². The van der Waals surface area contributed by atoms with Crippen molar-refractivity contribution in [2.24, 2.45) is 0 Å². The van der Waals surface area contributed by atoms with E-state index in [2.05, 4.69) is 17.6 Å². The summed E-state index contributed by atoms with van der Waals surface area (Å²) >= 11 is 0. The Kier molecular flexibility index (Phi) is 4.35. The summed E-state index contributed by atoms with van der Waals surface area (Å²) in [6.45, 7) is 4.78. The van der Waals surface area contributed by atoms with Crippen molar-refractivity contribution >= 4 is 5.91 Å². The van der Waals surface area contributed by atoms with Crippen molar-refractivity contribution < 1.29 is 9.53 Å². The van der Waals surface area contributed by atoms with E-state index in [1.807, 2.05) is 6.92 Å². The molecule has 3 atom stereocenters. The Hall–Kier alpha value is -0.610. The van der Waals surface area contributed by atoms with E-state index < -0.39 is 0 Å². The number of carbonyl (C=O) groups excluding carboxylic acids is 1. The Labute approximate surface area is 85.4 Å². The van der Waals surface area contributed by atoms with Gasteiger partial charge in [-0.25, -0.2) is 0 Å². The first-order valence-electron chi connectivity index (χ1n) is 5.24. The minimum Gasteiger partial charge on any atom is -0.377 e. The molecule has 82 valence electrons. The summed E-state index contributed by atoms with van der Waals surface area (Å²) in [6.07, 6.45) is 2.49. The first kappa shape index (κ1) is 11.5. The lowest BCUT2D eigenvalue weighted by Gasteiger charge is -2.23. The summed E-state index contributed by atoms with van der Waals surface area (Å²) in [5.74, 6) is 0.0230. The third-order valence-corrected chi connectivity index (χ3v) is 2.68. The molecule has 1 saturated heterocycles. The van der Waals surface area contributed by atoms with Crippen LogP contribution in [0.4, 0.5) is 0 Å². The number of likely N-dealkylation sites (N-methyl/N-ethyl adjacent to an activating group) is 1. The lowest BCUT2D eigenvalue weighted by molar-refractivity contribution is -0.122. The highest BCUT2D eigenvalue weighted by atomic mass is 16.5. The predicted octanol–water partition coefficient (Wildman–Crippen LogP) is 0.278. The molecular formula is C10H20N2O2. The van der Waals surface area contributed by atoms with Crippen LogP contribution in [0.3, 0.4) is 0 Å². The zero-order chi connectivity index (χ0) is 10.6. The van der Waals surface area contributed by atoms with Crippen molar-refractivity contribution in [3.63, 3.8) is 0 Å². The molecule has 0 aromatic heterocycles. The maximum atomic E-state index is 11.2. The molecule has 1 aliphatic heterocycles. The Morgan fingerprint density at radius 1 is 1.50 bits per heavy atom. The lowest BCUT2D eigenvalue weighted by atomic mass is 10.1. The number of carbonyl (C=O) groups is 1. The molecule has 0 saturated carbocycles. The normalized spacial score (nSPS) is 25.8. The average Bonchev–Trinajstić information content (AvgIpc) is 2.69.